The number of nitrogens with one attached hydrogen (secondary N) is 1. The number of fused-ring (bicyclic) bond motifs is 1. The zero-order chi connectivity index (χ0) is 14.7. The van der Waals surface area contributed by atoms with E-state index in [4.69, 9.17) is 0 Å². The fraction of sp³-hybridized carbons (Fsp3) is 0.471. The largest absolute Gasteiger partial charge is 0.310 e. The second-order valence-corrected chi connectivity index (χ2v) is 6.61. The lowest BCUT2D eigenvalue weighted by Crippen LogP contribution is -2.20. The summed E-state index contributed by atoms with van der Waals surface area (Å²) in [5.74, 6) is 0. The van der Waals surface area contributed by atoms with Crippen molar-refractivity contribution in [2.45, 2.75) is 45.2 Å². The maximum atomic E-state index is 4.66. The van der Waals surface area contributed by atoms with Crippen LogP contribution in [0.3, 0.4) is 0 Å². The molecule has 1 aliphatic rings. The number of halogens is 1. The van der Waals surface area contributed by atoms with E-state index in [-0.39, 0.29) is 0 Å². The third kappa shape index (κ3) is 3.38. The number of hydrogen-bond donors (Lipinski definition) is 1. The maximum absolute atomic E-state index is 4.66. The van der Waals surface area contributed by atoms with Gasteiger partial charge in [0.25, 0.3) is 0 Å². The van der Waals surface area contributed by atoms with E-state index in [0.717, 1.165) is 24.0 Å². The lowest BCUT2D eigenvalue weighted by atomic mass is 10.1. The third-order valence-corrected chi connectivity index (χ3v) is 4.68. The van der Waals surface area contributed by atoms with E-state index in [1.54, 1.807) is 0 Å². The monoisotopic (exact) mass is 347 g/mol. The summed E-state index contributed by atoms with van der Waals surface area (Å²) in [6.45, 7) is 4.05. The number of rotatable bonds is 4. The van der Waals surface area contributed by atoms with Crippen molar-refractivity contribution in [1.82, 2.24) is 15.1 Å². The molecule has 0 amide bonds. The fourth-order valence-corrected chi connectivity index (χ4v) is 3.64. The van der Waals surface area contributed by atoms with Crippen LogP contribution in [0.1, 0.15) is 49.0 Å². The highest BCUT2D eigenvalue weighted by molar-refractivity contribution is 9.10. The highest BCUT2D eigenvalue weighted by Crippen LogP contribution is 2.29. The Morgan fingerprint density at radius 2 is 2.29 bits per heavy atom. The van der Waals surface area contributed by atoms with E-state index in [2.05, 4.69) is 68.4 Å². The van der Waals surface area contributed by atoms with Crippen molar-refractivity contribution in [3.05, 3.63) is 51.8 Å². The van der Waals surface area contributed by atoms with Crippen molar-refractivity contribution in [2.24, 2.45) is 0 Å². The molecule has 0 aliphatic heterocycles. The molecule has 0 radical (unpaired) electrons. The predicted molar refractivity (Wildman–Crippen MR) is 89.4 cm³/mol. The van der Waals surface area contributed by atoms with Crippen molar-refractivity contribution >= 4 is 15.9 Å². The molecular weight excluding hydrogens is 326 g/mol. The molecule has 0 saturated heterocycles. The molecule has 112 valence electrons. The Morgan fingerprint density at radius 1 is 1.38 bits per heavy atom. The topological polar surface area (TPSA) is 29.9 Å². The van der Waals surface area contributed by atoms with Gasteiger partial charge < -0.3 is 5.32 Å². The van der Waals surface area contributed by atoms with Crippen molar-refractivity contribution in [2.75, 3.05) is 6.54 Å². The van der Waals surface area contributed by atoms with E-state index < -0.39 is 0 Å². The van der Waals surface area contributed by atoms with Gasteiger partial charge in [0.15, 0.2) is 0 Å². The maximum Gasteiger partial charge on any atom is 0.0663 e. The normalized spacial score (nSPS) is 18.3. The molecule has 0 spiro atoms. The molecule has 1 heterocycles. The first-order valence-corrected chi connectivity index (χ1v) is 8.59. The molecule has 0 fully saturated rings. The number of aromatic nitrogens is 2. The Bertz CT molecular complexity index is 606. The molecule has 4 heteroatoms. The van der Waals surface area contributed by atoms with E-state index >= 15 is 0 Å². The molecular formula is C17H22BrN3. The number of nitrogens with zero attached hydrogens (tertiary/aromatic N) is 2. The van der Waals surface area contributed by atoms with Gasteiger partial charge in [0.1, 0.15) is 0 Å². The minimum Gasteiger partial charge on any atom is -0.310 e. The standard InChI is InChI=1S/C17H22BrN3/c1-2-19-16-8-3-4-9-17-15(16)11-20-21(17)12-13-6-5-7-14(18)10-13/h5-7,10-11,16,19H,2-4,8-9,12H2,1H3. The third-order valence-electron chi connectivity index (χ3n) is 4.18. The zero-order valence-electron chi connectivity index (χ0n) is 12.5. The van der Waals surface area contributed by atoms with Crippen LogP contribution in [0.4, 0.5) is 0 Å². The molecule has 2 aromatic rings. The first-order valence-electron chi connectivity index (χ1n) is 7.80. The van der Waals surface area contributed by atoms with Gasteiger partial charge in [-0.3, -0.25) is 4.68 Å². The fourth-order valence-electron chi connectivity index (χ4n) is 3.19. The highest BCUT2D eigenvalue weighted by atomic mass is 79.9. The summed E-state index contributed by atoms with van der Waals surface area (Å²) in [5, 5.41) is 8.26. The van der Waals surface area contributed by atoms with Crippen LogP contribution in [-0.2, 0) is 13.0 Å². The SMILES string of the molecule is CCNC1CCCCc2c1cnn2Cc1cccc(Br)c1. The van der Waals surface area contributed by atoms with Crippen molar-refractivity contribution in [3.8, 4) is 0 Å². The average Bonchev–Trinajstić information content (AvgIpc) is 2.74. The van der Waals surface area contributed by atoms with Crippen LogP contribution in [0.5, 0.6) is 0 Å². The second kappa shape index (κ2) is 6.75. The lowest BCUT2D eigenvalue weighted by molar-refractivity contribution is 0.503. The van der Waals surface area contributed by atoms with Crippen molar-refractivity contribution in [1.29, 1.82) is 0 Å². The van der Waals surface area contributed by atoms with E-state index in [9.17, 15) is 0 Å². The minimum absolute atomic E-state index is 0.476. The van der Waals surface area contributed by atoms with Crippen molar-refractivity contribution < 1.29 is 0 Å². The predicted octanol–water partition coefficient (Wildman–Crippen LogP) is 4.07. The Balaban J connectivity index is 1.87. The van der Waals surface area contributed by atoms with Crippen LogP contribution in [0.2, 0.25) is 0 Å². The molecule has 1 aromatic heterocycles. The highest BCUT2D eigenvalue weighted by Gasteiger charge is 2.21. The summed E-state index contributed by atoms with van der Waals surface area (Å²) in [5.41, 5.74) is 4.11. The zero-order valence-corrected chi connectivity index (χ0v) is 14.1. The second-order valence-electron chi connectivity index (χ2n) is 5.69. The minimum atomic E-state index is 0.476. The van der Waals surface area contributed by atoms with Gasteiger partial charge in [-0.05, 0) is 43.5 Å². The van der Waals surface area contributed by atoms with E-state index in [1.807, 2.05) is 0 Å². The van der Waals surface area contributed by atoms with Crippen LogP contribution in [-0.4, -0.2) is 16.3 Å². The molecule has 1 aromatic carbocycles. The number of hydrogen-bond acceptors (Lipinski definition) is 2. The molecule has 1 N–H and O–H groups in total. The summed E-state index contributed by atoms with van der Waals surface area (Å²) < 4.78 is 3.32. The van der Waals surface area contributed by atoms with Gasteiger partial charge in [0.05, 0.1) is 12.7 Å². The smallest absolute Gasteiger partial charge is 0.0663 e. The van der Waals surface area contributed by atoms with E-state index in [1.165, 1.54) is 36.1 Å². The lowest BCUT2D eigenvalue weighted by Gasteiger charge is -2.15. The number of benzene rings is 1. The Morgan fingerprint density at radius 3 is 3.10 bits per heavy atom. The summed E-state index contributed by atoms with van der Waals surface area (Å²) in [6.07, 6.45) is 7.00. The summed E-state index contributed by atoms with van der Waals surface area (Å²) >= 11 is 3.54. The van der Waals surface area contributed by atoms with E-state index in [0.29, 0.717) is 6.04 Å². The van der Waals surface area contributed by atoms with Crippen LogP contribution in [0.25, 0.3) is 0 Å². The van der Waals surface area contributed by atoms with Gasteiger partial charge in [-0.1, -0.05) is 41.4 Å². The van der Waals surface area contributed by atoms with Crippen LogP contribution < -0.4 is 5.32 Å². The first-order chi connectivity index (χ1) is 10.3. The Labute approximate surface area is 134 Å². The molecule has 1 aliphatic carbocycles. The van der Waals surface area contributed by atoms with Crippen LogP contribution in [0.15, 0.2) is 34.9 Å². The summed E-state index contributed by atoms with van der Waals surface area (Å²) in [7, 11) is 0. The quantitative estimate of drug-likeness (QED) is 0.844. The molecule has 0 saturated carbocycles. The van der Waals surface area contributed by atoms with Gasteiger partial charge in [-0.15, -0.1) is 0 Å². The molecule has 3 rings (SSSR count). The molecule has 1 atom stereocenters. The van der Waals surface area contributed by atoms with Crippen LogP contribution in [0, 0.1) is 0 Å². The molecule has 1 unspecified atom stereocenters. The molecule has 3 nitrogen and oxygen atoms in total. The average molecular weight is 348 g/mol. The van der Waals surface area contributed by atoms with Gasteiger partial charge in [-0.2, -0.15) is 5.10 Å². The summed E-state index contributed by atoms with van der Waals surface area (Å²) in [6, 6.07) is 8.96. The van der Waals surface area contributed by atoms with Gasteiger partial charge >= 0.3 is 0 Å². The molecule has 0 bridgehead atoms. The van der Waals surface area contributed by atoms with Gasteiger partial charge in [-0.25, -0.2) is 0 Å². The Kier molecular flexibility index (Phi) is 4.76. The summed E-state index contributed by atoms with van der Waals surface area (Å²) in [4.78, 5) is 0. The molecule has 21 heavy (non-hydrogen) atoms. The first kappa shape index (κ1) is 14.8. The van der Waals surface area contributed by atoms with Gasteiger partial charge in [0, 0.05) is 21.8 Å². The van der Waals surface area contributed by atoms with Crippen molar-refractivity contribution in [3.63, 3.8) is 0 Å². The van der Waals surface area contributed by atoms with Crippen LogP contribution >= 0.6 is 15.9 Å². The Hall–Kier alpha value is -1.13. The van der Waals surface area contributed by atoms with Gasteiger partial charge in [0.2, 0.25) is 0 Å².